The first-order valence-electron chi connectivity index (χ1n) is 7.91. The van der Waals surface area contributed by atoms with E-state index in [1.165, 1.54) is 11.4 Å². The molecule has 2 aromatic rings. The molecule has 134 valence electrons. The number of primary amides is 1. The minimum Gasteiger partial charge on any atom is -0.497 e. The van der Waals surface area contributed by atoms with E-state index in [4.69, 9.17) is 10.5 Å². The van der Waals surface area contributed by atoms with Gasteiger partial charge in [-0.25, -0.2) is 8.42 Å². The summed E-state index contributed by atoms with van der Waals surface area (Å²) in [6, 6.07) is 8.01. The van der Waals surface area contributed by atoms with Crippen molar-refractivity contribution >= 4 is 15.9 Å². The van der Waals surface area contributed by atoms with Gasteiger partial charge in [0.05, 0.1) is 12.0 Å². The van der Waals surface area contributed by atoms with Crippen LogP contribution in [0.25, 0.3) is 0 Å². The molecule has 8 nitrogen and oxygen atoms in total. The van der Waals surface area contributed by atoms with Crippen molar-refractivity contribution in [3.8, 4) is 5.75 Å². The number of carbonyl (C=O) groups is 1. The molecular formula is C16H20N4O4S. The topological polar surface area (TPSA) is 118 Å². The molecule has 9 heteroatoms. The summed E-state index contributed by atoms with van der Waals surface area (Å²) in [7, 11) is -1.99. The number of hydrogen-bond acceptors (Lipinski definition) is 5. The van der Waals surface area contributed by atoms with Gasteiger partial charge in [-0.3, -0.25) is 9.89 Å². The lowest BCUT2D eigenvalue weighted by Gasteiger charge is -2.30. The molecule has 3 rings (SSSR count). The number of aromatic nitrogens is 2. The van der Waals surface area contributed by atoms with Gasteiger partial charge in [0.2, 0.25) is 10.0 Å². The Morgan fingerprint density at radius 3 is 2.44 bits per heavy atom. The Bertz CT molecular complexity index is 853. The number of aromatic amines is 1. The van der Waals surface area contributed by atoms with Gasteiger partial charge in [-0.15, -0.1) is 0 Å². The highest BCUT2D eigenvalue weighted by Gasteiger charge is 2.30. The smallest absolute Gasteiger partial charge is 0.269 e. The standard InChI is InChI=1S/C16H20N4O4S/c1-24-12-2-4-13(5-3-12)25(22,23)20-8-6-11(7-9-20)14-10-15(16(17)21)19-18-14/h2-5,10-11H,6-9H2,1H3,(H2,17,21)(H,18,19). The van der Waals surface area contributed by atoms with Crippen LogP contribution in [-0.2, 0) is 10.0 Å². The van der Waals surface area contributed by atoms with Gasteiger partial charge < -0.3 is 10.5 Å². The Hall–Kier alpha value is -2.39. The number of H-pyrrole nitrogens is 1. The van der Waals surface area contributed by atoms with Gasteiger partial charge in [0.1, 0.15) is 11.4 Å². The third-order valence-electron chi connectivity index (χ3n) is 4.44. The van der Waals surface area contributed by atoms with Crippen LogP contribution in [0.5, 0.6) is 5.75 Å². The lowest BCUT2D eigenvalue weighted by Crippen LogP contribution is -2.37. The van der Waals surface area contributed by atoms with Crippen molar-refractivity contribution in [3.63, 3.8) is 0 Å². The number of carbonyl (C=O) groups excluding carboxylic acids is 1. The minimum atomic E-state index is -3.52. The number of amides is 1. The van der Waals surface area contributed by atoms with Crippen LogP contribution in [0.3, 0.4) is 0 Å². The van der Waals surface area contributed by atoms with Crippen molar-refractivity contribution in [2.75, 3.05) is 20.2 Å². The molecule has 1 amide bonds. The van der Waals surface area contributed by atoms with E-state index < -0.39 is 15.9 Å². The third-order valence-corrected chi connectivity index (χ3v) is 6.35. The van der Waals surface area contributed by atoms with E-state index in [-0.39, 0.29) is 16.5 Å². The Morgan fingerprint density at radius 1 is 1.28 bits per heavy atom. The second-order valence-corrected chi connectivity index (χ2v) is 7.86. The Morgan fingerprint density at radius 2 is 1.92 bits per heavy atom. The summed E-state index contributed by atoms with van der Waals surface area (Å²) in [5, 5.41) is 6.70. The highest BCUT2D eigenvalue weighted by molar-refractivity contribution is 7.89. The van der Waals surface area contributed by atoms with Gasteiger partial charge in [0.15, 0.2) is 0 Å². The second kappa shape index (κ2) is 6.85. The number of nitrogens with zero attached hydrogens (tertiary/aromatic N) is 2. The van der Waals surface area contributed by atoms with Gasteiger partial charge in [0.25, 0.3) is 5.91 Å². The van der Waals surface area contributed by atoms with Crippen LogP contribution in [0.15, 0.2) is 35.2 Å². The Labute approximate surface area is 146 Å². The van der Waals surface area contributed by atoms with Gasteiger partial charge in [0, 0.05) is 24.7 Å². The van der Waals surface area contributed by atoms with E-state index in [2.05, 4.69) is 10.2 Å². The van der Waals surface area contributed by atoms with Gasteiger partial charge >= 0.3 is 0 Å². The number of sulfonamides is 1. The molecular weight excluding hydrogens is 344 g/mol. The van der Waals surface area contributed by atoms with Crippen LogP contribution in [0, 0.1) is 0 Å². The Balaban J connectivity index is 1.68. The maximum atomic E-state index is 12.7. The van der Waals surface area contributed by atoms with Crippen molar-refractivity contribution in [2.24, 2.45) is 5.73 Å². The van der Waals surface area contributed by atoms with Crippen LogP contribution >= 0.6 is 0 Å². The monoisotopic (exact) mass is 364 g/mol. The van der Waals surface area contributed by atoms with Crippen molar-refractivity contribution < 1.29 is 17.9 Å². The number of nitrogens with two attached hydrogens (primary N) is 1. The van der Waals surface area contributed by atoms with Crippen molar-refractivity contribution in [2.45, 2.75) is 23.7 Å². The molecule has 0 unspecified atom stereocenters. The maximum absolute atomic E-state index is 12.7. The first kappa shape index (κ1) is 17.4. The quantitative estimate of drug-likeness (QED) is 0.823. The highest BCUT2D eigenvalue weighted by atomic mass is 32.2. The zero-order valence-corrected chi connectivity index (χ0v) is 14.6. The number of benzene rings is 1. The summed E-state index contributed by atoms with van der Waals surface area (Å²) < 4.78 is 32.0. The van der Waals surface area contributed by atoms with E-state index in [0.717, 1.165) is 5.69 Å². The molecule has 25 heavy (non-hydrogen) atoms. The molecule has 0 aliphatic carbocycles. The SMILES string of the molecule is COc1ccc(S(=O)(=O)N2CCC(c3cc(C(N)=O)n[nH]3)CC2)cc1. The number of ether oxygens (including phenoxy) is 1. The maximum Gasteiger partial charge on any atom is 0.269 e. The normalized spacial score (nSPS) is 16.7. The molecule has 1 aromatic carbocycles. The van der Waals surface area contributed by atoms with E-state index in [0.29, 0.717) is 31.7 Å². The number of rotatable bonds is 5. The molecule has 1 saturated heterocycles. The minimum absolute atomic E-state index is 0.128. The molecule has 1 aliphatic heterocycles. The molecule has 0 bridgehead atoms. The average molecular weight is 364 g/mol. The molecule has 2 heterocycles. The number of hydrogen-bond donors (Lipinski definition) is 2. The van der Waals surface area contributed by atoms with Crippen LogP contribution in [0.4, 0.5) is 0 Å². The summed E-state index contributed by atoms with van der Waals surface area (Å²) in [6.45, 7) is 0.813. The van der Waals surface area contributed by atoms with E-state index in [1.54, 1.807) is 30.3 Å². The van der Waals surface area contributed by atoms with E-state index >= 15 is 0 Å². The molecule has 0 spiro atoms. The van der Waals surface area contributed by atoms with Crippen molar-refractivity contribution in [1.29, 1.82) is 0 Å². The van der Waals surface area contributed by atoms with Crippen LogP contribution in [-0.4, -0.2) is 49.0 Å². The number of piperidine rings is 1. The molecule has 1 aliphatic rings. The van der Waals surface area contributed by atoms with Gasteiger partial charge in [-0.05, 0) is 43.2 Å². The third kappa shape index (κ3) is 3.52. The van der Waals surface area contributed by atoms with Crippen molar-refractivity contribution in [1.82, 2.24) is 14.5 Å². The predicted molar refractivity (Wildman–Crippen MR) is 90.8 cm³/mol. The van der Waals surface area contributed by atoms with Crippen LogP contribution in [0.1, 0.15) is 34.9 Å². The van der Waals surface area contributed by atoms with Crippen LogP contribution in [0.2, 0.25) is 0 Å². The fraction of sp³-hybridized carbons (Fsp3) is 0.375. The summed E-state index contributed by atoms with van der Waals surface area (Å²) >= 11 is 0. The van der Waals surface area contributed by atoms with Gasteiger partial charge in [-0.1, -0.05) is 0 Å². The second-order valence-electron chi connectivity index (χ2n) is 5.93. The zero-order chi connectivity index (χ0) is 18.0. The summed E-state index contributed by atoms with van der Waals surface area (Å²) in [6.07, 6.45) is 1.30. The molecule has 3 N–H and O–H groups in total. The number of nitrogens with one attached hydrogen (secondary N) is 1. The first-order chi connectivity index (χ1) is 11.9. The highest BCUT2D eigenvalue weighted by Crippen LogP contribution is 2.30. The van der Waals surface area contributed by atoms with E-state index in [1.807, 2.05) is 0 Å². The molecule has 0 saturated carbocycles. The molecule has 0 radical (unpaired) electrons. The predicted octanol–water partition coefficient (Wildman–Crippen LogP) is 1.09. The average Bonchev–Trinajstić information content (AvgIpc) is 3.12. The summed E-state index contributed by atoms with van der Waals surface area (Å²) in [5.74, 6) is 0.159. The zero-order valence-electron chi connectivity index (χ0n) is 13.8. The summed E-state index contributed by atoms with van der Waals surface area (Å²) in [4.78, 5) is 11.4. The largest absolute Gasteiger partial charge is 0.497 e. The fourth-order valence-electron chi connectivity index (χ4n) is 2.98. The fourth-order valence-corrected chi connectivity index (χ4v) is 4.45. The first-order valence-corrected chi connectivity index (χ1v) is 9.35. The van der Waals surface area contributed by atoms with Crippen molar-refractivity contribution in [3.05, 3.63) is 41.7 Å². The van der Waals surface area contributed by atoms with Gasteiger partial charge in [-0.2, -0.15) is 9.40 Å². The molecule has 0 atom stereocenters. The molecule has 1 aromatic heterocycles. The summed E-state index contributed by atoms with van der Waals surface area (Å²) in [5.41, 5.74) is 6.22. The van der Waals surface area contributed by atoms with E-state index in [9.17, 15) is 13.2 Å². The number of methoxy groups -OCH3 is 1. The Kier molecular flexibility index (Phi) is 4.78. The van der Waals surface area contributed by atoms with Crippen LogP contribution < -0.4 is 10.5 Å². The lowest BCUT2D eigenvalue weighted by molar-refractivity contribution is 0.0995. The lowest BCUT2D eigenvalue weighted by atomic mass is 9.94. The molecule has 1 fully saturated rings.